The third-order valence-corrected chi connectivity index (χ3v) is 5.15. The largest absolute Gasteiger partial charge is 0.361 e. The van der Waals surface area contributed by atoms with Crippen LogP contribution in [0.25, 0.3) is 37.0 Å². The highest BCUT2D eigenvalue weighted by Crippen LogP contribution is 2.43. The van der Waals surface area contributed by atoms with E-state index in [1.54, 1.807) is 0 Å². The summed E-state index contributed by atoms with van der Waals surface area (Å²) >= 11 is 1.88. The van der Waals surface area contributed by atoms with Crippen molar-refractivity contribution in [3.05, 3.63) is 60.3 Å². The molecule has 4 aromatic rings. The van der Waals surface area contributed by atoms with Gasteiger partial charge < -0.3 is 5.32 Å². The summed E-state index contributed by atoms with van der Waals surface area (Å²) in [5.41, 5.74) is 2.56. The molecule has 0 unspecified atom stereocenters. The first-order valence-corrected chi connectivity index (χ1v) is 7.53. The molecule has 2 heterocycles. The van der Waals surface area contributed by atoms with Crippen LogP contribution in [0.4, 0.5) is 5.69 Å². The molecule has 0 saturated carbocycles. The van der Waals surface area contributed by atoms with Crippen LogP contribution in [-0.2, 0) is 0 Å². The first-order chi connectivity index (χ1) is 9.92. The fourth-order valence-electron chi connectivity index (χ4n) is 3.20. The van der Waals surface area contributed by atoms with Gasteiger partial charge in [0, 0.05) is 37.4 Å². The molecular weight excluding hydrogens is 262 g/mol. The normalized spacial score (nSPS) is 13.2. The Kier molecular flexibility index (Phi) is 1.89. The summed E-state index contributed by atoms with van der Waals surface area (Å²) in [6.45, 7) is 0. The topological polar surface area (TPSA) is 12.0 Å². The summed E-state index contributed by atoms with van der Waals surface area (Å²) < 4.78 is 2.74. The van der Waals surface area contributed by atoms with E-state index < -0.39 is 0 Å². The van der Waals surface area contributed by atoms with Crippen LogP contribution in [0.15, 0.2) is 54.7 Å². The first kappa shape index (κ1) is 10.5. The van der Waals surface area contributed by atoms with Gasteiger partial charge in [0.25, 0.3) is 0 Å². The number of fused-ring (bicyclic) bond motifs is 4. The highest BCUT2D eigenvalue weighted by Gasteiger charge is 2.15. The van der Waals surface area contributed by atoms with Crippen LogP contribution in [0, 0.1) is 0 Å². The number of nitrogens with one attached hydrogen (secondary N) is 1. The highest BCUT2D eigenvalue weighted by molar-refractivity contribution is 7.26. The van der Waals surface area contributed by atoms with Crippen LogP contribution < -0.4 is 5.32 Å². The number of hydrogen-bond acceptors (Lipinski definition) is 2. The summed E-state index contributed by atoms with van der Waals surface area (Å²) in [6.07, 6.45) is 4.25. The average Bonchev–Trinajstić information content (AvgIpc) is 2.86. The zero-order valence-electron chi connectivity index (χ0n) is 10.7. The molecule has 20 heavy (non-hydrogen) atoms. The van der Waals surface area contributed by atoms with E-state index in [2.05, 4.69) is 59.9 Å². The minimum Gasteiger partial charge on any atom is -0.361 e. The maximum Gasteiger partial charge on any atom is 0.0465 e. The molecule has 1 nitrogen and oxygen atoms in total. The molecule has 1 aliphatic heterocycles. The van der Waals surface area contributed by atoms with Gasteiger partial charge >= 0.3 is 0 Å². The number of benzene rings is 3. The Morgan fingerprint density at radius 3 is 2.80 bits per heavy atom. The molecule has 5 rings (SSSR count). The Labute approximate surface area is 120 Å². The van der Waals surface area contributed by atoms with Gasteiger partial charge in [-0.15, -0.1) is 11.3 Å². The number of thiophene rings is 1. The van der Waals surface area contributed by atoms with E-state index >= 15 is 0 Å². The monoisotopic (exact) mass is 273 g/mol. The number of hydrogen-bond donors (Lipinski definition) is 1. The molecule has 0 atom stereocenters. The van der Waals surface area contributed by atoms with Crippen molar-refractivity contribution in [2.24, 2.45) is 0 Å². The summed E-state index contributed by atoms with van der Waals surface area (Å²) in [7, 11) is 0. The molecule has 94 valence electrons. The van der Waals surface area contributed by atoms with Crippen molar-refractivity contribution in [1.82, 2.24) is 0 Å². The minimum atomic E-state index is 1.21. The lowest BCUT2D eigenvalue weighted by atomic mass is 9.96. The van der Waals surface area contributed by atoms with Crippen molar-refractivity contribution in [2.75, 3.05) is 5.32 Å². The Morgan fingerprint density at radius 1 is 0.850 bits per heavy atom. The Hall–Kier alpha value is -2.32. The van der Waals surface area contributed by atoms with Gasteiger partial charge in [-0.2, -0.15) is 0 Å². The molecule has 0 bridgehead atoms. The molecule has 1 aliphatic rings. The molecule has 0 saturated heterocycles. The van der Waals surface area contributed by atoms with Gasteiger partial charge in [0.1, 0.15) is 0 Å². The van der Waals surface area contributed by atoms with Crippen LogP contribution >= 0.6 is 11.3 Å². The van der Waals surface area contributed by atoms with Gasteiger partial charge in [0.05, 0.1) is 0 Å². The second-order valence-electron chi connectivity index (χ2n) is 5.14. The van der Waals surface area contributed by atoms with E-state index in [1.165, 1.54) is 42.2 Å². The molecular formula is C18H11NS. The zero-order valence-corrected chi connectivity index (χ0v) is 11.5. The Morgan fingerprint density at radius 2 is 1.80 bits per heavy atom. The van der Waals surface area contributed by atoms with Crippen LogP contribution in [0.2, 0.25) is 0 Å². The number of rotatable bonds is 0. The van der Waals surface area contributed by atoms with Crippen LogP contribution in [0.5, 0.6) is 0 Å². The van der Waals surface area contributed by atoms with Gasteiger partial charge in [-0.05, 0) is 35.2 Å². The van der Waals surface area contributed by atoms with Gasteiger partial charge in [-0.1, -0.05) is 30.3 Å². The smallest absolute Gasteiger partial charge is 0.0465 e. The van der Waals surface area contributed by atoms with Gasteiger partial charge in [-0.25, -0.2) is 0 Å². The molecule has 0 amide bonds. The second kappa shape index (κ2) is 3.62. The second-order valence-corrected chi connectivity index (χ2v) is 6.23. The van der Waals surface area contributed by atoms with Crippen molar-refractivity contribution < 1.29 is 0 Å². The van der Waals surface area contributed by atoms with Crippen molar-refractivity contribution in [2.45, 2.75) is 0 Å². The zero-order chi connectivity index (χ0) is 13.1. The van der Waals surface area contributed by atoms with Gasteiger partial charge in [0.15, 0.2) is 0 Å². The third-order valence-electron chi connectivity index (χ3n) is 4.03. The highest BCUT2D eigenvalue weighted by atomic mass is 32.1. The molecule has 1 N–H and O–H groups in total. The minimum absolute atomic E-state index is 1.21. The molecule has 3 aromatic carbocycles. The van der Waals surface area contributed by atoms with E-state index in [0.717, 1.165) is 0 Å². The summed E-state index contributed by atoms with van der Waals surface area (Å²) in [4.78, 5) is 0. The first-order valence-electron chi connectivity index (χ1n) is 6.72. The number of anilines is 1. The third kappa shape index (κ3) is 1.22. The lowest BCUT2D eigenvalue weighted by Crippen LogP contribution is -1.95. The van der Waals surface area contributed by atoms with Crippen molar-refractivity contribution in [3.8, 4) is 0 Å². The van der Waals surface area contributed by atoms with Crippen molar-refractivity contribution in [1.29, 1.82) is 0 Å². The van der Waals surface area contributed by atoms with Gasteiger partial charge in [-0.3, -0.25) is 0 Å². The predicted octanol–water partition coefficient (Wildman–Crippen LogP) is 5.60. The maximum atomic E-state index is 3.35. The fraction of sp³-hybridized carbons (Fsp3) is 0. The Balaban J connectivity index is 2.15. The lowest BCUT2D eigenvalue weighted by molar-refractivity contribution is 1.62. The van der Waals surface area contributed by atoms with Crippen LogP contribution in [0.3, 0.4) is 0 Å². The van der Waals surface area contributed by atoms with E-state index in [0.29, 0.717) is 0 Å². The van der Waals surface area contributed by atoms with Gasteiger partial charge in [0.2, 0.25) is 0 Å². The molecule has 2 heteroatoms. The summed E-state index contributed by atoms with van der Waals surface area (Å²) in [6, 6.07) is 17.5. The lowest BCUT2D eigenvalue weighted by Gasteiger charge is -2.15. The standard InChI is InChI=1S/C18H11NS/c1-2-7-15-12(5-1)18-13-8-9-19-14-6-3-4-11(17(13)14)10-16(18)20-15/h1-10,19H. The fourth-order valence-corrected chi connectivity index (χ4v) is 4.37. The van der Waals surface area contributed by atoms with Crippen LogP contribution in [0.1, 0.15) is 5.56 Å². The quantitative estimate of drug-likeness (QED) is 0.439. The van der Waals surface area contributed by atoms with E-state index in [4.69, 9.17) is 0 Å². The summed E-state index contributed by atoms with van der Waals surface area (Å²) in [5.74, 6) is 0. The average molecular weight is 273 g/mol. The predicted molar refractivity (Wildman–Crippen MR) is 89.5 cm³/mol. The molecule has 0 spiro atoms. The van der Waals surface area contributed by atoms with Crippen LogP contribution in [-0.4, -0.2) is 0 Å². The summed E-state index contributed by atoms with van der Waals surface area (Å²) in [5, 5.41) is 8.77. The maximum absolute atomic E-state index is 3.35. The SMILES string of the molecule is C1=Cc2c3c(cccc3cc3sc4ccccc4c23)N1. The van der Waals surface area contributed by atoms with Crippen molar-refractivity contribution >= 4 is 54.0 Å². The molecule has 0 radical (unpaired) electrons. The molecule has 0 aliphatic carbocycles. The van der Waals surface area contributed by atoms with E-state index in [-0.39, 0.29) is 0 Å². The van der Waals surface area contributed by atoms with E-state index in [1.807, 2.05) is 17.5 Å². The Bertz CT molecular complexity index is 1020. The van der Waals surface area contributed by atoms with E-state index in [9.17, 15) is 0 Å². The molecule has 1 aromatic heterocycles. The van der Waals surface area contributed by atoms with Crippen molar-refractivity contribution in [3.63, 3.8) is 0 Å². The molecule has 0 fully saturated rings.